The molecule has 0 aliphatic rings. The van der Waals surface area contributed by atoms with Gasteiger partial charge in [-0.15, -0.1) is 0 Å². The van der Waals surface area contributed by atoms with Crippen molar-refractivity contribution in [3.05, 3.63) is 0 Å². The number of carboxylic acids is 1. The van der Waals surface area contributed by atoms with Crippen molar-refractivity contribution >= 4 is 5.97 Å². The third kappa shape index (κ3) is 44.7. The highest BCUT2D eigenvalue weighted by molar-refractivity contribution is 5.66. The van der Waals surface area contributed by atoms with Crippen LogP contribution in [0.4, 0.5) is 0 Å². The van der Waals surface area contributed by atoms with E-state index in [4.69, 9.17) is 10.2 Å². The van der Waals surface area contributed by atoms with Gasteiger partial charge in [-0.25, -0.2) is 0 Å². The number of aliphatic carboxylic acids is 1. The molecule has 236 valence electrons. The summed E-state index contributed by atoms with van der Waals surface area (Å²) in [6, 6.07) is 0. The van der Waals surface area contributed by atoms with Gasteiger partial charge >= 0.3 is 5.97 Å². The van der Waals surface area contributed by atoms with E-state index in [9.17, 15) is 4.79 Å². The molecule has 0 bridgehead atoms. The maximum atomic E-state index is 10.4. The molecule has 0 saturated heterocycles. The topological polar surface area (TPSA) is 57.5 Å². The summed E-state index contributed by atoms with van der Waals surface area (Å²) >= 11 is 0. The predicted molar refractivity (Wildman–Crippen MR) is 174 cm³/mol. The molecule has 0 heterocycles. The van der Waals surface area contributed by atoms with Crippen molar-refractivity contribution in [3.63, 3.8) is 0 Å². The van der Waals surface area contributed by atoms with Crippen molar-refractivity contribution in [1.29, 1.82) is 0 Å². The van der Waals surface area contributed by atoms with Crippen molar-refractivity contribution in [2.45, 2.75) is 219 Å². The van der Waals surface area contributed by atoms with Crippen LogP contribution in [-0.2, 0) is 4.79 Å². The van der Waals surface area contributed by atoms with E-state index in [1.54, 1.807) is 0 Å². The summed E-state index contributed by atoms with van der Waals surface area (Å²) in [5.41, 5.74) is 0. The van der Waals surface area contributed by atoms with Crippen molar-refractivity contribution < 1.29 is 15.0 Å². The number of unbranched alkanes of at least 4 members (excludes halogenated alkanes) is 29. The van der Waals surface area contributed by atoms with Gasteiger partial charge in [0, 0.05) is 13.0 Å². The number of carboxylic acid groups (broad SMARTS) is 1. The summed E-state index contributed by atoms with van der Waals surface area (Å²) in [4.78, 5) is 10.4. The molecule has 0 aliphatic heterocycles. The predicted octanol–water partition coefficient (Wildman–Crippen LogP) is 12.6. The molecule has 0 radical (unpaired) electrons. The van der Waals surface area contributed by atoms with Gasteiger partial charge in [-0.1, -0.05) is 200 Å². The molecule has 0 fully saturated rings. The van der Waals surface area contributed by atoms with Gasteiger partial charge in [-0.3, -0.25) is 4.79 Å². The number of rotatable bonds is 32. The lowest BCUT2D eigenvalue weighted by Gasteiger charge is -2.03. The molecule has 39 heavy (non-hydrogen) atoms. The van der Waals surface area contributed by atoms with Crippen LogP contribution in [0.1, 0.15) is 219 Å². The molecule has 2 N–H and O–H groups in total. The second-order valence-corrected chi connectivity index (χ2v) is 12.1. The summed E-state index contributed by atoms with van der Waals surface area (Å²) in [5.74, 6) is -0.652. The number of hydrogen-bond acceptors (Lipinski definition) is 2. The van der Waals surface area contributed by atoms with Gasteiger partial charge in [0.15, 0.2) is 0 Å². The van der Waals surface area contributed by atoms with Crippen LogP contribution in [0.3, 0.4) is 0 Å². The van der Waals surface area contributed by atoms with Gasteiger partial charge < -0.3 is 10.2 Å². The van der Waals surface area contributed by atoms with Crippen molar-refractivity contribution in [2.24, 2.45) is 0 Å². The monoisotopic (exact) mass is 555 g/mol. The quantitative estimate of drug-likeness (QED) is 0.0813. The van der Waals surface area contributed by atoms with Gasteiger partial charge in [0.25, 0.3) is 0 Å². The summed E-state index contributed by atoms with van der Waals surface area (Å²) in [5, 5.41) is 17.2. The Morgan fingerprint density at radius 1 is 0.359 bits per heavy atom. The molecule has 0 aromatic carbocycles. The SMILES string of the molecule is CCCCCCCCCCCCCCCCCCCC(=O)O.CCCCCCCCCCCCCCCCO. The molecule has 3 nitrogen and oxygen atoms in total. The van der Waals surface area contributed by atoms with Gasteiger partial charge in [0.2, 0.25) is 0 Å². The van der Waals surface area contributed by atoms with E-state index in [2.05, 4.69) is 13.8 Å². The third-order valence-electron chi connectivity index (χ3n) is 8.01. The zero-order valence-corrected chi connectivity index (χ0v) is 27.1. The van der Waals surface area contributed by atoms with Crippen LogP contribution in [0.15, 0.2) is 0 Å². The Hall–Kier alpha value is -0.570. The third-order valence-corrected chi connectivity index (χ3v) is 8.01. The molecule has 0 unspecified atom stereocenters. The van der Waals surface area contributed by atoms with E-state index in [1.165, 1.54) is 180 Å². The highest BCUT2D eigenvalue weighted by Gasteiger charge is 1.97. The first-order chi connectivity index (χ1) is 19.2. The molecule has 0 aromatic rings. The molecule has 3 heteroatoms. The van der Waals surface area contributed by atoms with Crippen LogP contribution < -0.4 is 0 Å². The Morgan fingerprint density at radius 3 is 0.769 bits per heavy atom. The fourth-order valence-electron chi connectivity index (χ4n) is 5.31. The van der Waals surface area contributed by atoms with Gasteiger partial charge in [-0.2, -0.15) is 0 Å². The highest BCUT2D eigenvalue weighted by Crippen LogP contribution is 2.15. The molecule has 0 aromatic heterocycles. The van der Waals surface area contributed by atoms with Gasteiger partial charge in [-0.05, 0) is 12.8 Å². The molecule has 0 atom stereocenters. The molecular formula is C36H74O3. The summed E-state index contributed by atoms with van der Waals surface area (Å²) in [7, 11) is 0. The molecular weight excluding hydrogens is 480 g/mol. The lowest BCUT2D eigenvalue weighted by atomic mass is 10.0. The number of aliphatic hydroxyl groups excluding tert-OH is 1. The largest absolute Gasteiger partial charge is 0.481 e. The molecule has 0 spiro atoms. The Bertz CT molecular complexity index is 410. The smallest absolute Gasteiger partial charge is 0.303 e. The van der Waals surface area contributed by atoms with E-state index in [0.717, 1.165) is 19.3 Å². The zero-order valence-electron chi connectivity index (χ0n) is 27.1. The molecule has 0 aliphatic carbocycles. The minimum Gasteiger partial charge on any atom is -0.481 e. The van der Waals surface area contributed by atoms with E-state index in [-0.39, 0.29) is 0 Å². The Kier molecular flexibility index (Phi) is 41.2. The lowest BCUT2D eigenvalue weighted by Crippen LogP contribution is -1.93. The normalized spacial score (nSPS) is 10.9. The Morgan fingerprint density at radius 2 is 0.564 bits per heavy atom. The minimum atomic E-state index is -0.652. The molecule has 0 amide bonds. The fourth-order valence-corrected chi connectivity index (χ4v) is 5.31. The van der Waals surface area contributed by atoms with E-state index in [0.29, 0.717) is 13.0 Å². The maximum Gasteiger partial charge on any atom is 0.303 e. The summed E-state index contributed by atoms with van der Waals surface area (Å²) in [6.45, 7) is 4.93. The second-order valence-electron chi connectivity index (χ2n) is 12.1. The van der Waals surface area contributed by atoms with E-state index >= 15 is 0 Å². The number of carbonyl (C=O) groups is 1. The number of hydrogen-bond donors (Lipinski definition) is 2. The molecule has 0 saturated carbocycles. The number of aliphatic hydroxyl groups is 1. The van der Waals surface area contributed by atoms with Crippen molar-refractivity contribution in [2.75, 3.05) is 6.61 Å². The van der Waals surface area contributed by atoms with Crippen molar-refractivity contribution in [1.82, 2.24) is 0 Å². The lowest BCUT2D eigenvalue weighted by molar-refractivity contribution is -0.137. The van der Waals surface area contributed by atoms with E-state index in [1.807, 2.05) is 0 Å². The fraction of sp³-hybridized carbons (Fsp3) is 0.972. The first kappa shape index (κ1) is 40.6. The van der Waals surface area contributed by atoms with Crippen LogP contribution in [0.2, 0.25) is 0 Å². The minimum absolute atomic E-state index is 0.346. The first-order valence-corrected chi connectivity index (χ1v) is 18.0. The average Bonchev–Trinajstić information content (AvgIpc) is 2.93. The summed E-state index contributed by atoms with van der Waals surface area (Å²) in [6.07, 6.45) is 42.3. The van der Waals surface area contributed by atoms with Crippen molar-refractivity contribution in [3.8, 4) is 0 Å². The zero-order chi connectivity index (χ0) is 28.9. The Labute approximate surface area is 246 Å². The maximum absolute atomic E-state index is 10.4. The van der Waals surface area contributed by atoms with Gasteiger partial charge in [0.05, 0.1) is 0 Å². The van der Waals surface area contributed by atoms with Gasteiger partial charge in [0.1, 0.15) is 0 Å². The summed E-state index contributed by atoms with van der Waals surface area (Å²) < 4.78 is 0. The van der Waals surface area contributed by atoms with Crippen LogP contribution in [0, 0.1) is 0 Å². The van der Waals surface area contributed by atoms with E-state index < -0.39 is 5.97 Å². The molecule has 0 rings (SSSR count). The standard InChI is InChI=1S/C20H40O2.C16H34O/c1-2-3-4-5-6-7-8-9-10-11-12-13-14-15-16-17-18-19-20(21)22;1-2-3-4-5-6-7-8-9-10-11-12-13-14-15-16-17/h2-19H2,1H3,(H,21,22);17H,2-16H2,1H3. The van der Waals surface area contributed by atoms with Crippen LogP contribution in [0.5, 0.6) is 0 Å². The first-order valence-electron chi connectivity index (χ1n) is 18.0. The van der Waals surface area contributed by atoms with Crippen LogP contribution in [-0.4, -0.2) is 22.8 Å². The second kappa shape index (κ2) is 39.6. The highest BCUT2D eigenvalue weighted by atomic mass is 16.4. The van der Waals surface area contributed by atoms with Crippen LogP contribution >= 0.6 is 0 Å². The average molecular weight is 555 g/mol. The van der Waals surface area contributed by atoms with Crippen LogP contribution in [0.25, 0.3) is 0 Å². The Balaban J connectivity index is 0.